The van der Waals surface area contributed by atoms with Crippen molar-refractivity contribution in [1.29, 1.82) is 0 Å². The molecule has 2 aromatic carbocycles. The Labute approximate surface area is 175 Å². The second-order valence-corrected chi connectivity index (χ2v) is 7.59. The molecule has 2 atom stereocenters. The number of anilines is 3. The van der Waals surface area contributed by atoms with E-state index in [0.29, 0.717) is 11.8 Å². The Morgan fingerprint density at radius 3 is 2.37 bits per heavy atom. The summed E-state index contributed by atoms with van der Waals surface area (Å²) in [5.74, 6) is 0.224. The zero-order chi connectivity index (χ0) is 20.9. The second kappa shape index (κ2) is 8.92. The Morgan fingerprint density at radius 2 is 1.67 bits per heavy atom. The number of carbonyl (C=O) groups excluding carboxylic acids is 1. The van der Waals surface area contributed by atoms with Crippen molar-refractivity contribution in [3.05, 3.63) is 66.4 Å². The molecule has 1 amide bonds. The van der Waals surface area contributed by atoms with Gasteiger partial charge in [-0.15, -0.1) is 0 Å². The van der Waals surface area contributed by atoms with Crippen LogP contribution in [0.1, 0.15) is 36.0 Å². The number of hydrogen-bond donors (Lipinski definition) is 4. The summed E-state index contributed by atoms with van der Waals surface area (Å²) in [6.07, 6.45) is 5.69. The summed E-state index contributed by atoms with van der Waals surface area (Å²) in [5, 5.41) is 6.51. The second-order valence-electron chi connectivity index (χ2n) is 7.59. The van der Waals surface area contributed by atoms with Crippen molar-refractivity contribution >= 4 is 23.4 Å². The molecule has 6 N–H and O–H groups in total. The van der Waals surface area contributed by atoms with Gasteiger partial charge in [-0.25, -0.2) is 4.98 Å². The summed E-state index contributed by atoms with van der Waals surface area (Å²) in [5.41, 5.74) is 15.0. The van der Waals surface area contributed by atoms with Crippen molar-refractivity contribution < 1.29 is 4.79 Å². The first-order valence-electron chi connectivity index (χ1n) is 10.2. The number of nitrogens with two attached hydrogens (primary N) is 2. The van der Waals surface area contributed by atoms with Gasteiger partial charge in [0.05, 0.1) is 0 Å². The van der Waals surface area contributed by atoms with Gasteiger partial charge in [-0.2, -0.15) is 4.98 Å². The molecule has 1 aliphatic carbocycles. The number of rotatable bonds is 6. The smallest absolute Gasteiger partial charge is 0.254 e. The minimum atomic E-state index is -0.584. The lowest BCUT2D eigenvalue weighted by molar-refractivity contribution is 0.100. The quantitative estimate of drug-likeness (QED) is 0.499. The molecule has 0 aliphatic heterocycles. The van der Waals surface area contributed by atoms with Gasteiger partial charge in [0.2, 0.25) is 5.95 Å². The average Bonchev–Trinajstić information content (AvgIpc) is 2.76. The first kappa shape index (κ1) is 19.8. The molecule has 0 unspecified atom stereocenters. The van der Waals surface area contributed by atoms with E-state index in [1.54, 1.807) is 0 Å². The van der Waals surface area contributed by atoms with Gasteiger partial charge in [0.25, 0.3) is 5.91 Å². The SMILES string of the molecule is NC(=O)c1cnc(N[C@@H]2CCCC[C@@H]2N)nc1Nc1ccc(-c2ccccc2)cc1. The van der Waals surface area contributed by atoms with Crippen LogP contribution in [0.3, 0.4) is 0 Å². The fourth-order valence-electron chi connectivity index (χ4n) is 3.74. The van der Waals surface area contributed by atoms with Crippen molar-refractivity contribution in [1.82, 2.24) is 9.97 Å². The molecule has 7 nitrogen and oxygen atoms in total. The van der Waals surface area contributed by atoms with Gasteiger partial charge in [-0.05, 0) is 36.1 Å². The van der Waals surface area contributed by atoms with Crippen LogP contribution < -0.4 is 22.1 Å². The predicted molar refractivity (Wildman–Crippen MR) is 120 cm³/mol. The molecule has 1 aromatic heterocycles. The zero-order valence-corrected chi connectivity index (χ0v) is 16.7. The lowest BCUT2D eigenvalue weighted by Gasteiger charge is -2.29. The van der Waals surface area contributed by atoms with E-state index in [9.17, 15) is 4.79 Å². The van der Waals surface area contributed by atoms with E-state index in [4.69, 9.17) is 11.5 Å². The first-order chi connectivity index (χ1) is 14.6. The summed E-state index contributed by atoms with van der Waals surface area (Å²) >= 11 is 0. The number of aromatic nitrogens is 2. The molecule has 0 radical (unpaired) electrons. The monoisotopic (exact) mass is 402 g/mol. The van der Waals surface area contributed by atoms with Crippen molar-refractivity contribution in [2.24, 2.45) is 11.5 Å². The van der Waals surface area contributed by atoms with Crippen molar-refractivity contribution in [2.45, 2.75) is 37.8 Å². The van der Waals surface area contributed by atoms with Crippen molar-refractivity contribution in [3.8, 4) is 11.1 Å². The Kier molecular flexibility index (Phi) is 5.90. The van der Waals surface area contributed by atoms with E-state index < -0.39 is 5.91 Å². The van der Waals surface area contributed by atoms with Gasteiger partial charge in [0.1, 0.15) is 11.4 Å². The average molecular weight is 403 g/mol. The maximum atomic E-state index is 11.9. The van der Waals surface area contributed by atoms with Crippen LogP contribution in [0.5, 0.6) is 0 Å². The molecule has 4 rings (SSSR count). The zero-order valence-electron chi connectivity index (χ0n) is 16.7. The molecular weight excluding hydrogens is 376 g/mol. The minimum absolute atomic E-state index is 0.0695. The molecule has 1 fully saturated rings. The maximum Gasteiger partial charge on any atom is 0.254 e. The van der Waals surface area contributed by atoms with E-state index in [-0.39, 0.29) is 17.6 Å². The van der Waals surface area contributed by atoms with E-state index in [0.717, 1.165) is 42.5 Å². The van der Waals surface area contributed by atoms with Crippen molar-refractivity contribution in [2.75, 3.05) is 10.6 Å². The third-order valence-corrected chi connectivity index (χ3v) is 5.44. The number of nitrogens with one attached hydrogen (secondary N) is 2. The molecule has 7 heteroatoms. The first-order valence-corrected chi connectivity index (χ1v) is 10.2. The Balaban J connectivity index is 1.55. The van der Waals surface area contributed by atoms with Crippen LogP contribution in [0.2, 0.25) is 0 Å². The highest BCUT2D eigenvalue weighted by atomic mass is 16.1. The van der Waals surface area contributed by atoms with E-state index >= 15 is 0 Å². The summed E-state index contributed by atoms with van der Waals surface area (Å²) in [6.45, 7) is 0. The lowest BCUT2D eigenvalue weighted by Crippen LogP contribution is -2.43. The van der Waals surface area contributed by atoms with Gasteiger partial charge in [-0.3, -0.25) is 4.79 Å². The van der Waals surface area contributed by atoms with Gasteiger partial charge in [-0.1, -0.05) is 55.3 Å². The summed E-state index contributed by atoms with van der Waals surface area (Å²) in [7, 11) is 0. The summed E-state index contributed by atoms with van der Waals surface area (Å²) < 4.78 is 0. The molecular formula is C23H26N6O. The largest absolute Gasteiger partial charge is 0.365 e. The normalized spacial score (nSPS) is 18.6. The van der Waals surface area contributed by atoms with Gasteiger partial charge in [0, 0.05) is 24.0 Å². The number of nitrogens with zero attached hydrogens (tertiary/aromatic N) is 2. The van der Waals surface area contributed by atoms with Crippen LogP contribution in [0, 0.1) is 0 Å². The molecule has 0 bridgehead atoms. The maximum absolute atomic E-state index is 11.9. The molecule has 1 saturated carbocycles. The number of benzene rings is 2. The highest BCUT2D eigenvalue weighted by Gasteiger charge is 2.23. The number of primary amides is 1. The highest BCUT2D eigenvalue weighted by molar-refractivity contribution is 5.98. The van der Waals surface area contributed by atoms with Crippen LogP contribution in [-0.4, -0.2) is 28.0 Å². The van der Waals surface area contributed by atoms with Crippen LogP contribution in [-0.2, 0) is 0 Å². The minimum Gasteiger partial charge on any atom is -0.365 e. The number of carbonyl (C=O) groups is 1. The Hall–Kier alpha value is -3.45. The fraction of sp³-hybridized carbons (Fsp3) is 0.261. The highest BCUT2D eigenvalue weighted by Crippen LogP contribution is 2.25. The van der Waals surface area contributed by atoms with Crippen LogP contribution in [0.4, 0.5) is 17.5 Å². The Bertz CT molecular complexity index is 1010. The number of amides is 1. The fourth-order valence-corrected chi connectivity index (χ4v) is 3.74. The molecule has 3 aromatic rings. The van der Waals surface area contributed by atoms with Crippen LogP contribution >= 0.6 is 0 Å². The van der Waals surface area contributed by atoms with Crippen molar-refractivity contribution in [3.63, 3.8) is 0 Å². The molecule has 154 valence electrons. The van der Waals surface area contributed by atoms with Gasteiger partial charge < -0.3 is 22.1 Å². The van der Waals surface area contributed by atoms with E-state index in [1.165, 1.54) is 6.20 Å². The summed E-state index contributed by atoms with van der Waals surface area (Å²) in [6, 6.07) is 18.2. The third kappa shape index (κ3) is 4.58. The van der Waals surface area contributed by atoms with Crippen LogP contribution in [0.15, 0.2) is 60.8 Å². The third-order valence-electron chi connectivity index (χ3n) is 5.44. The van der Waals surface area contributed by atoms with Gasteiger partial charge in [0.15, 0.2) is 0 Å². The Morgan fingerprint density at radius 1 is 0.967 bits per heavy atom. The topological polar surface area (TPSA) is 119 Å². The lowest BCUT2D eigenvalue weighted by atomic mass is 9.91. The van der Waals surface area contributed by atoms with Crippen LogP contribution in [0.25, 0.3) is 11.1 Å². The number of hydrogen-bond acceptors (Lipinski definition) is 6. The molecule has 1 heterocycles. The molecule has 30 heavy (non-hydrogen) atoms. The molecule has 0 spiro atoms. The molecule has 0 saturated heterocycles. The summed E-state index contributed by atoms with van der Waals surface area (Å²) in [4.78, 5) is 20.6. The molecule has 1 aliphatic rings. The standard InChI is InChI=1S/C23H26N6O/c24-19-8-4-5-9-20(19)28-23-26-14-18(21(25)30)22(29-23)27-17-12-10-16(11-13-17)15-6-2-1-3-7-15/h1-3,6-7,10-14,19-20H,4-5,8-9,24H2,(H2,25,30)(H2,26,27,28,29)/t19-,20+/m0/s1. The van der Waals surface area contributed by atoms with E-state index in [1.807, 2.05) is 42.5 Å². The van der Waals surface area contributed by atoms with E-state index in [2.05, 4.69) is 32.7 Å². The predicted octanol–water partition coefficient (Wildman–Crippen LogP) is 3.67. The van der Waals surface area contributed by atoms with Gasteiger partial charge >= 0.3 is 0 Å².